The highest BCUT2D eigenvalue weighted by molar-refractivity contribution is 5.62. The van der Waals surface area contributed by atoms with Crippen molar-refractivity contribution in [3.8, 4) is 11.3 Å². The third kappa shape index (κ3) is 4.59. The number of aromatic nitrogens is 1. The normalized spacial score (nSPS) is 13.0. The molecule has 2 aromatic rings. The Hall–Kier alpha value is -1.83. The fourth-order valence-corrected chi connectivity index (χ4v) is 2.57. The Bertz CT molecular complexity index is 676. The quantitative estimate of drug-likeness (QED) is 0.604. The predicted molar refractivity (Wildman–Crippen MR) is 102 cm³/mol. The third-order valence-corrected chi connectivity index (χ3v) is 4.27. The molecule has 2 heteroatoms. The molecule has 2 rings (SSSR count). The molecule has 0 amide bonds. The van der Waals surface area contributed by atoms with Crippen molar-refractivity contribution in [2.24, 2.45) is 0 Å². The number of hydrogen-bond donors (Lipinski definition) is 0. The summed E-state index contributed by atoms with van der Waals surface area (Å²) in [5.41, 5.74) is 4.96. The Balaban J connectivity index is 2.42. The molecule has 0 bridgehead atoms. The first-order chi connectivity index (χ1) is 11.1. The lowest BCUT2D eigenvalue weighted by Gasteiger charge is -2.26. The molecule has 1 heterocycles. The summed E-state index contributed by atoms with van der Waals surface area (Å²) in [7, 11) is 0. The summed E-state index contributed by atoms with van der Waals surface area (Å²) in [5, 5.41) is 0. The van der Waals surface area contributed by atoms with Crippen LogP contribution in [0.4, 0.5) is 0 Å². The third-order valence-electron chi connectivity index (χ3n) is 4.27. The van der Waals surface area contributed by atoms with Crippen LogP contribution >= 0.6 is 0 Å². The fraction of sp³-hybridized carbons (Fsp3) is 0.500. The topological polar surface area (TPSA) is 26.0 Å². The Morgan fingerprint density at radius 1 is 0.958 bits per heavy atom. The largest absolute Gasteiger partial charge is 0.448 e. The van der Waals surface area contributed by atoms with Gasteiger partial charge in [-0.2, -0.15) is 0 Å². The van der Waals surface area contributed by atoms with Gasteiger partial charge in [0.1, 0.15) is 12.0 Å². The SMILES string of the molecule is C/C=C/CCc1nc(-c2cc(C(C)(C)C)cc(C(C)(C)C)c2)co1. The molecule has 0 atom stereocenters. The number of oxazole rings is 1. The van der Waals surface area contributed by atoms with E-state index < -0.39 is 0 Å². The van der Waals surface area contributed by atoms with Crippen LogP contribution in [0.1, 0.15) is 71.9 Å². The molecule has 0 unspecified atom stereocenters. The van der Waals surface area contributed by atoms with Crippen LogP contribution in [0.5, 0.6) is 0 Å². The van der Waals surface area contributed by atoms with Crippen molar-refractivity contribution in [1.82, 2.24) is 4.98 Å². The maximum Gasteiger partial charge on any atom is 0.194 e. The molecule has 0 aliphatic carbocycles. The van der Waals surface area contributed by atoms with Gasteiger partial charge < -0.3 is 4.42 Å². The number of hydrogen-bond acceptors (Lipinski definition) is 2. The molecule has 1 aromatic heterocycles. The van der Waals surface area contributed by atoms with E-state index in [-0.39, 0.29) is 10.8 Å². The van der Waals surface area contributed by atoms with Crippen LogP contribution in [-0.2, 0) is 17.3 Å². The predicted octanol–water partition coefficient (Wildman–Crippen LogP) is 6.45. The summed E-state index contributed by atoms with van der Waals surface area (Å²) in [5.74, 6) is 0.807. The number of benzene rings is 1. The molecular weight excluding hydrogens is 294 g/mol. The monoisotopic (exact) mass is 325 g/mol. The number of allylic oxidation sites excluding steroid dienone is 2. The summed E-state index contributed by atoms with van der Waals surface area (Å²) in [6.45, 7) is 15.6. The van der Waals surface area contributed by atoms with Gasteiger partial charge in [-0.05, 0) is 47.4 Å². The Labute approximate surface area is 147 Å². The molecule has 0 saturated heterocycles. The zero-order chi connectivity index (χ0) is 18.0. The van der Waals surface area contributed by atoms with Gasteiger partial charge in [0.15, 0.2) is 5.89 Å². The fourth-order valence-electron chi connectivity index (χ4n) is 2.57. The van der Waals surface area contributed by atoms with E-state index >= 15 is 0 Å². The lowest BCUT2D eigenvalue weighted by molar-refractivity contribution is 0.495. The second-order valence-corrected chi connectivity index (χ2v) is 8.53. The lowest BCUT2D eigenvalue weighted by Crippen LogP contribution is -2.16. The second-order valence-electron chi connectivity index (χ2n) is 8.53. The van der Waals surface area contributed by atoms with Gasteiger partial charge in [-0.15, -0.1) is 0 Å². The van der Waals surface area contributed by atoms with E-state index in [1.807, 2.05) is 6.92 Å². The molecule has 0 radical (unpaired) electrons. The van der Waals surface area contributed by atoms with E-state index in [9.17, 15) is 0 Å². The average Bonchev–Trinajstić information content (AvgIpc) is 2.94. The molecule has 0 aliphatic rings. The molecular formula is C22H31NO. The zero-order valence-electron chi connectivity index (χ0n) is 16.2. The maximum atomic E-state index is 5.67. The van der Waals surface area contributed by atoms with E-state index in [1.165, 1.54) is 11.1 Å². The highest BCUT2D eigenvalue weighted by Crippen LogP contribution is 2.33. The summed E-state index contributed by atoms with van der Waals surface area (Å²) < 4.78 is 5.67. The lowest BCUT2D eigenvalue weighted by atomic mass is 9.79. The van der Waals surface area contributed by atoms with Gasteiger partial charge in [0.2, 0.25) is 0 Å². The minimum Gasteiger partial charge on any atom is -0.448 e. The van der Waals surface area contributed by atoms with Gasteiger partial charge >= 0.3 is 0 Å². The Kier molecular flexibility index (Phi) is 5.37. The van der Waals surface area contributed by atoms with E-state index in [4.69, 9.17) is 9.40 Å². The molecule has 2 nitrogen and oxygen atoms in total. The van der Waals surface area contributed by atoms with Gasteiger partial charge in [0.05, 0.1) is 0 Å². The van der Waals surface area contributed by atoms with Gasteiger partial charge in [0, 0.05) is 12.0 Å². The second kappa shape index (κ2) is 6.96. The summed E-state index contributed by atoms with van der Waals surface area (Å²) in [6.07, 6.45) is 7.80. The zero-order valence-corrected chi connectivity index (χ0v) is 16.2. The van der Waals surface area contributed by atoms with Crippen molar-refractivity contribution in [3.63, 3.8) is 0 Å². The van der Waals surface area contributed by atoms with Crippen molar-refractivity contribution in [1.29, 1.82) is 0 Å². The first-order valence-corrected chi connectivity index (χ1v) is 8.83. The summed E-state index contributed by atoms with van der Waals surface area (Å²) >= 11 is 0. The van der Waals surface area contributed by atoms with Crippen LogP contribution in [0, 0.1) is 0 Å². The molecule has 1 aromatic carbocycles. The molecule has 24 heavy (non-hydrogen) atoms. The molecule has 130 valence electrons. The Morgan fingerprint density at radius 3 is 2.04 bits per heavy atom. The van der Waals surface area contributed by atoms with Crippen molar-refractivity contribution in [2.75, 3.05) is 0 Å². The summed E-state index contributed by atoms with van der Waals surface area (Å²) in [4.78, 5) is 4.70. The Morgan fingerprint density at radius 2 is 1.54 bits per heavy atom. The number of nitrogens with zero attached hydrogens (tertiary/aromatic N) is 1. The van der Waals surface area contributed by atoms with Gasteiger partial charge in [-0.3, -0.25) is 0 Å². The first kappa shape index (κ1) is 18.5. The molecule has 0 spiro atoms. The molecule has 0 N–H and O–H groups in total. The van der Waals surface area contributed by atoms with E-state index in [0.29, 0.717) is 0 Å². The van der Waals surface area contributed by atoms with Crippen LogP contribution in [0.15, 0.2) is 41.0 Å². The minimum absolute atomic E-state index is 0.106. The van der Waals surface area contributed by atoms with Crippen LogP contribution in [0.25, 0.3) is 11.3 Å². The van der Waals surface area contributed by atoms with Gasteiger partial charge in [-0.1, -0.05) is 59.8 Å². The van der Waals surface area contributed by atoms with Crippen molar-refractivity contribution in [3.05, 3.63) is 53.6 Å². The van der Waals surface area contributed by atoms with E-state index in [1.54, 1.807) is 6.26 Å². The maximum absolute atomic E-state index is 5.67. The molecule has 0 aliphatic heterocycles. The van der Waals surface area contributed by atoms with Crippen LogP contribution in [-0.4, -0.2) is 4.98 Å². The average molecular weight is 325 g/mol. The standard InChI is InChI=1S/C22H31NO/c1-8-9-10-11-20-23-19(15-24-20)16-12-17(21(2,3)4)14-18(13-16)22(5,6)7/h8-9,12-15H,10-11H2,1-7H3/b9-8+. The number of rotatable bonds is 4. The van der Waals surface area contributed by atoms with Crippen LogP contribution in [0.2, 0.25) is 0 Å². The van der Waals surface area contributed by atoms with Crippen LogP contribution < -0.4 is 0 Å². The van der Waals surface area contributed by atoms with Crippen LogP contribution in [0.3, 0.4) is 0 Å². The smallest absolute Gasteiger partial charge is 0.194 e. The van der Waals surface area contributed by atoms with E-state index in [0.717, 1.165) is 30.0 Å². The first-order valence-electron chi connectivity index (χ1n) is 8.83. The van der Waals surface area contributed by atoms with Crippen molar-refractivity contribution < 1.29 is 4.42 Å². The van der Waals surface area contributed by atoms with Gasteiger partial charge in [-0.25, -0.2) is 4.98 Å². The molecule has 0 fully saturated rings. The van der Waals surface area contributed by atoms with E-state index in [2.05, 4.69) is 71.9 Å². The van der Waals surface area contributed by atoms with Crippen molar-refractivity contribution in [2.45, 2.75) is 72.1 Å². The van der Waals surface area contributed by atoms with Crippen molar-refractivity contribution >= 4 is 0 Å². The highest BCUT2D eigenvalue weighted by atomic mass is 16.3. The number of aryl methyl sites for hydroxylation is 1. The summed E-state index contributed by atoms with van der Waals surface area (Å²) in [6, 6.07) is 6.84. The molecule has 0 saturated carbocycles. The minimum atomic E-state index is 0.106. The van der Waals surface area contributed by atoms with Gasteiger partial charge in [0.25, 0.3) is 0 Å². The highest BCUT2D eigenvalue weighted by Gasteiger charge is 2.21.